The lowest BCUT2D eigenvalue weighted by molar-refractivity contribution is -0.137. The first-order chi connectivity index (χ1) is 15.5. The molecule has 0 amide bonds. The zero-order valence-electron chi connectivity index (χ0n) is 16.2. The Hall–Kier alpha value is -2.99. The smallest absolute Gasteiger partial charge is 0.346 e. The van der Waals surface area contributed by atoms with Crippen LogP contribution in [0.5, 0.6) is 0 Å². The van der Waals surface area contributed by atoms with Gasteiger partial charge >= 0.3 is 6.18 Å². The molecule has 0 fully saturated rings. The lowest BCUT2D eigenvalue weighted by atomic mass is 10.2. The minimum absolute atomic E-state index is 0.0262. The van der Waals surface area contributed by atoms with Gasteiger partial charge in [0.25, 0.3) is 10.0 Å². The number of hydrogen-bond acceptors (Lipinski definition) is 5. The zero-order chi connectivity index (χ0) is 24.0. The van der Waals surface area contributed by atoms with Gasteiger partial charge < -0.3 is 4.98 Å². The summed E-state index contributed by atoms with van der Waals surface area (Å²) in [5, 5.41) is 11.6. The molecule has 0 saturated heterocycles. The minimum atomic E-state index is -4.85. The molecule has 172 valence electrons. The molecule has 3 N–H and O–H groups in total. The van der Waals surface area contributed by atoms with E-state index in [0.29, 0.717) is 17.1 Å². The Balaban J connectivity index is 1.77. The van der Waals surface area contributed by atoms with Crippen LogP contribution in [0.2, 0.25) is 10.0 Å². The highest BCUT2D eigenvalue weighted by molar-refractivity contribution is 7.92. The second kappa shape index (κ2) is 8.41. The number of halogens is 5. The van der Waals surface area contributed by atoms with Gasteiger partial charge in [0.15, 0.2) is 0 Å². The fourth-order valence-electron chi connectivity index (χ4n) is 3.13. The van der Waals surface area contributed by atoms with Crippen LogP contribution in [0.1, 0.15) is 5.56 Å². The van der Waals surface area contributed by atoms with Crippen molar-refractivity contribution in [3.63, 3.8) is 0 Å². The number of H-pyrrole nitrogens is 1. The molecule has 0 radical (unpaired) electrons. The third kappa shape index (κ3) is 4.58. The van der Waals surface area contributed by atoms with E-state index in [-0.39, 0.29) is 22.1 Å². The van der Waals surface area contributed by atoms with Gasteiger partial charge in [-0.05, 0) is 48.5 Å². The number of pyridine rings is 1. The van der Waals surface area contributed by atoms with E-state index in [9.17, 15) is 26.8 Å². The quantitative estimate of drug-likeness (QED) is 0.273. The predicted molar refractivity (Wildman–Crippen MR) is 119 cm³/mol. The number of alkyl halides is 3. The summed E-state index contributed by atoms with van der Waals surface area (Å²) in [6.07, 6.45) is -1.81. The summed E-state index contributed by atoms with van der Waals surface area (Å²) in [7, 11) is -4.52. The molecule has 0 bridgehead atoms. The second-order valence-electron chi connectivity index (χ2n) is 6.79. The van der Waals surface area contributed by atoms with Crippen LogP contribution in [0.15, 0.2) is 65.8 Å². The number of anilines is 3. The predicted octanol–water partition coefficient (Wildman–Crippen LogP) is 6.22. The average Bonchev–Trinajstić information content (AvgIpc) is 3.21. The number of nitrogens with zero attached hydrogens (tertiary/aromatic N) is 2. The Labute approximate surface area is 195 Å². The molecule has 0 aliphatic heterocycles. The number of aromatic amines is 1. The Morgan fingerprint density at radius 1 is 1.03 bits per heavy atom. The highest BCUT2D eigenvalue weighted by Crippen LogP contribution is 2.38. The molecule has 0 atom stereocenters. The Morgan fingerprint density at radius 2 is 1.79 bits per heavy atom. The van der Waals surface area contributed by atoms with Crippen LogP contribution in [-0.2, 0) is 16.2 Å². The van der Waals surface area contributed by atoms with E-state index in [1.54, 1.807) is 12.3 Å². The second-order valence-corrected chi connectivity index (χ2v) is 9.31. The fourth-order valence-corrected chi connectivity index (χ4v) is 4.62. The molecule has 33 heavy (non-hydrogen) atoms. The standard InChI is InChI=1S/C20H13Cl2F3N4O3S/c21-11-1-4-18(29(30)17-6-8-27-19-13(17)5-7-26-19)16(9-11)28-33(31,32)12-2-3-15(22)14(10-12)20(23,24)25/h1-10,28,30H,(H,26,27). The zero-order valence-corrected chi connectivity index (χ0v) is 18.6. The van der Waals surface area contributed by atoms with Crippen LogP contribution >= 0.6 is 23.2 Å². The monoisotopic (exact) mass is 516 g/mol. The summed E-state index contributed by atoms with van der Waals surface area (Å²) >= 11 is 11.6. The van der Waals surface area contributed by atoms with E-state index in [1.165, 1.54) is 30.5 Å². The first-order valence-electron chi connectivity index (χ1n) is 9.07. The normalized spacial score (nSPS) is 12.2. The van der Waals surface area contributed by atoms with Crippen LogP contribution in [0.3, 0.4) is 0 Å². The number of rotatable bonds is 5. The number of sulfonamides is 1. The van der Waals surface area contributed by atoms with E-state index in [4.69, 9.17) is 23.2 Å². The lowest BCUT2D eigenvalue weighted by Gasteiger charge is -2.22. The first kappa shape index (κ1) is 23.2. The average molecular weight is 517 g/mol. The maximum Gasteiger partial charge on any atom is 0.417 e. The fraction of sp³-hybridized carbons (Fsp3) is 0.0500. The third-order valence-electron chi connectivity index (χ3n) is 4.65. The maximum atomic E-state index is 13.2. The summed E-state index contributed by atoms with van der Waals surface area (Å²) in [6, 6.07) is 9.35. The molecule has 0 aliphatic rings. The molecule has 0 unspecified atom stereocenters. The van der Waals surface area contributed by atoms with Crippen LogP contribution in [0.25, 0.3) is 11.0 Å². The van der Waals surface area contributed by atoms with Gasteiger partial charge in [-0.15, -0.1) is 0 Å². The van der Waals surface area contributed by atoms with Gasteiger partial charge in [-0.3, -0.25) is 9.93 Å². The molecule has 0 spiro atoms. The van der Waals surface area contributed by atoms with Gasteiger partial charge in [0, 0.05) is 22.8 Å². The molecule has 2 heterocycles. The van der Waals surface area contributed by atoms with Crippen molar-refractivity contribution in [2.24, 2.45) is 0 Å². The van der Waals surface area contributed by atoms with Crippen LogP contribution in [0.4, 0.5) is 30.2 Å². The van der Waals surface area contributed by atoms with Crippen LogP contribution in [-0.4, -0.2) is 23.6 Å². The van der Waals surface area contributed by atoms with Gasteiger partial charge in [-0.1, -0.05) is 23.2 Å². The highest BCUT2D eigenvalue weighted by Gasteiger charge is 2.34. The summed E-state index contributed by atoms with van der Waals surface area (Å²) < 4.78 is 67.6. The van der Waals surface area contributed by atoms with Crippen molar-refractivity contribution in [3.8, 4) is 0 Å². The Morgan fingerprint density at radius 3 is 2.52 bits per heavy atom. The number of nitrogens with one attached hydrogen (secondary N) is 2. The highest BCUT2D eigenvalue weighted by atomic mass is 35.5. The van der Waals surface area contributed by atoms with Crippen molar-refractivity contribution in [1.82, 2.24) is 9.97 Å². The largest absolute Gasteiger partial charge is 0.417 e. The Kier molecular flexibility index (Phi) is 5.91. The van der Waals surface area contributed by atoms with Crippen molar-refractivity contribution in [2.75, 3.05) is 9.79 Å². The molecule has 4 rings (SSSR count). The van der Waals surface area contributed by atoms with Crippen molar-refractivity contribution in [2.45, 2.75) is 11.1 Å². The van der Waals surface area contributed by atoms with Gasteiger partial charge in [-0.2, -0.15) is 13.2 Å². The van der Waals surface area contributed by atoms with E-state index >= 15 is 0 Å². The number of benzene rings is 2. The molecule has 7 nitrogen and oxygen atoms in total. The topological polar surface area (TPSA) is 98.3 Å². The third-order valence-corrected chi connectivity index (χ3v) is 6.58. The SMILES string of the molecule is O=S(=O)(Nc1cc(Cl)ccc1N(O)c1ccnc2[nH]ccc12)c1ccc(Cl)c(C(F)(F)F)c1. The molecule has 0 saturated carbocycles. The number of hydrogen-bond donors (Lipinski definition) is 3. The van der Waals surface area contributed by atoms with Crippen molar-refractivity contribution >= 4 is 61.3 Å². The van der Waals surface area contributed by atoms with Crippen LogP contribution < -0.4 is 9.79 Å². The van der Waals surface area contributed by atoms with E-state index in [0.717, 1.165) is 17.2 Å². The van der Waals surface area contributed by atoms with Gasteiger partial charge in [0.2, 0.25) is 0 Å². The van der Waals surface area contributed by atoms with Crippen LogP contribution in [0, 0.1) is 0 Å². The number of aromatic nitrogens is 2. The van der Waals surface area contributed by atoms with E-state index in [1.807, 2.05) is 0 Å². The minimum Gasteiger partial charge on any atom is -0.346 e. The molecule has 2 aromatic heterocycles. The molecule has 4 aromatic rings. The molecule has 2 aromatic carbocycles. The van der Waals surface area contributed by atoms with Crippen molar-refractivity contribution in [1.29, 1.82) is 0 Å². The maximum absolute atomic E-state index is 13.2. The molecule has 13 heteroatoms. The first-order valence-corrected chi connectivity index (χ1v) is 11.3. The summed E-state index contributed by atoms with van der Waals surface area (Å²) in [5.74, 6) is 0. The Bertz CT molecular complexity index is 1460. The van der Waals surface area contributed by atoms with Gasteiger partial charge in [0.05, 0.1) is 32.5 Å². The summed E-state index contributed by atoms with van der Waals surface area (Å²) in [4.78, 5) is 6.33. The van der Waals surface area contributed by atoms with Gasteiger partial charge in [0.1, 0.15) is 5.65 Å². The molecular formula is C20H13Cl2F3N4O3S. The van der Waals surface area contributed by atoms with Crippen molar-refractivity contribution in [3.05, 3.63) is 76.5 Å². The lowest BCUT2D eigenvalue weighted by Crippen LogP contribution is -2.18. The van der Waals surface area contributed by atoms with E-state index < -0.39 is 31.7 Å². The van der Waals surface area contributed by atoms with Crippen molar-refractivity contribution < 1.29 is 26.8 Å². The summed E-state index contributed by atoms with van der Waals surface area (Å²) in [6.45, 7) is 0. The number of fused-ring (bicyclic) bond motifs is 1. The summed E-state index contributed by atoms with van der Waals surface area (Å²) in [5.41, 5.74) is -0.747. The van der Waals surface area contributed by atoms with E-state index in [2.05, 4.69) is 14.7 Å². The molecule has 0 aliphatic carbocycles. The van der Waals surface area contributed by atoms with Gasteiger partial charge in [-0.25, -0.2) is 18.5 Å². The molecular weight excluding hydrogens is 504 g/mol.